The molecule has 3 rings (SSSR count). The topological polar surface area (TPSA) is 94.0 Å². The van der Waals surface area contributed by atoms with E-state index in [-0.39, 0.29) is 11.6 Å². The normalized spacial score (nSPS) is 11.9. The molecule has 0 saturated carbocycles. The van der Waals surface area contributed by atoms with E-state index in [0.717, 1.165) is 17.4 Å². The van der Waals surface area contributed by atoms with E-state index in [9.17, 15) is 13.2 Å². The maximum absolute atomic E-state index is 12.6. The van der Waals surface area contributed by atoms with Crippen LogP contribution in [0.15, 0.2) is 36.5 Å². The quantitative estimate of drug-likeness (QED) is 0.760. The first-order chi connectivity index (χ1) is 12.2. The number of carbonyl (C=O) groups excluding carboxylic acids is 1. The van der Waals surface area contributed by atoms with Crippen LogP contribution < -0.4 is 4.72 Å². The summed E-state index contributed by atoms with van der Waals surface area (Å²) < 4.78 is 26.8. The van der Waals surface area contributed by atoms with E-state index >= 15 is 0 Å². The number of nitrogens with one attached hydrogen (secondary N) is 1. The number of aryl methyl sites for hydroxylation is 1. The van der Waals surface area contributed by atoms with Crippen molar-refractivity contribution < 1.29 is 13.2 Å². The maximum Gasteiger partial charge on any atom is 0.265 e. The second-order valence-corrected chi connectivity index (χ2v) is 8.24. The Morgan fingerprint density at radius 2 is 1.92 bits per heavy atom. The number of nitrogens with zero attached hydrogens (tertiary/aromatic N) is 3. The number of hydrogen-bond acceptors (Lipinski definition) is 5. The molecule has 136 valence electrons. The standard InChI is InChI=1S/C18H20N4O3S/c1-11(2)22-17-15(10-19-22)14(18(23)21-26(4,24)25)9-16(20-17)13-8-6-5-7-12(13)3/h5-11H,1-4H3,(H,21,23). The van der Waals surface area contributed by atoms with Crippen molar-refractivity contribution in [3.8, 4) is 11.3 Å². The zero-order chi connectivity index (χ0) is 19.1. The molecule has 1 aromatic carbocycles. The SMILES string of the molecule is Cc1ccccc1-c1cc(C(=O)NS(C)(=O)=O)c2cnn(C(C)C)c2n1. The molecule has 2 heterocycles. The molecule has 0 atom stereocenters. The van der Waals surface area contributed by atoms with Gasteiger partial charge in [-0.15, -0.1) is 0 Å². The lowest BCUT2D eigenvalue weighted by Gasteiger charge is -2.11. The van der Waals surface area contributed by atoms with Gasteiger partial charge in [0.2, 0.25) is 10.0 Å². The van der Waals surface area contributed by atoms with Gasteiger partial charge in [0.25, 0.3) is 5.91 Å². The number of amides is 1. The fourth-order valence-corrected chi connectivity index (χ4v) is 3.25. The number of carbonyl (C=O) groups is 1. The number of sulfonamides is 1. The van der Waals surface area contributed by atoms with E-state index in [0.29, 0.717) is 16.7 Å². The molecule has 0 saturated heterocycles. The smallest absolute Gasteiger partial charge is 0.265 e. The van der Waals surface area contributed by atoms with E-state index in [1.165, 1.54) is 0 Å². The second kappa shape index (κ2) is 6.53. The Labute approximate surface area is 152 Å². The van der Waals surface area contributed by atoms with Gasteiger partial charge in [-0.3, -0.25) is 4.79 Å². The van der Waals surface area contributed by atoms with Crippen LogP contribution in [0.4, 0.5) is 0 Å². The fraction of sp³-hybridized carbons (Fsp3) is 0.278. The maximum atomic E-state index is 12.6. The minimum absolute atomic E-state index is 0.0398. The van der Waals surface area contributed by atoms with Crippen LogP contribution in [0.5, 0.6) is 0 Å². The average Bonchev–Trinajstić information content (AvgIpc) is 2.96. The molecule has 1 N–H and O–H groups in total. The van der Waals surface area contributed by atoms with Gasteiger partial charge in [-0.25, -0.2) is 22.8 Å². The summed E-state index contributed by atoms with van der Waals surface area (Å²) in [7, 11) is -3.68. The Balaban J connectivity index is 2.29. The molecule has 8 heteroatoms. The van der Waals surface area contributed by atoms with E-state index in [2.05, 4.69) is 5.10 Å². The van der Waals surface area contributed by atoms with Gasteiger partial charge in [0.15, 0.2) is 5.65 Å². The van der Waals surface area contributed by atoms with Gasteiger partial charge in [0.1, 0.15) is 0 Å². The molecule has 7 nitrogen and oxygen atoms in total. The van der Waals surface area contributed by atoms with Crippen LogP contribution >= 0.6 is 0 Å². The zero-order valence-electron chi connectivity index (χ0n) is 15.0. The van der Waals surface area contributed by atoms with E-state index < -0.39 is 15.9 Å². The molecule has 0 aliphatic heterocycles. The van der Waals surface area contributed by atoms with Crippen LogP contribution in [0.1, 0.15) is 35.8 Å². The Hall–Kier alpha value is -2.74. The lowest BCUT2D eigenvalue weighted by molar-refractivity contribution is 0.0983. The van der Waals surface area contributed by atoms with Gasteiger partial charge in [-0.1, -0.05) is 24.3 Å². The fourth-order valence-electron chi connectivity index (χ4n) is 2.81. The van der Waals surface area contributed by atoms with Crippen LogP contribution in [0, 0.1) is 6.92 Å². The van der Waals surface area contributed by atoms with Gasteiger partial charge >= 0.3 is 0 Å². The summed E-state index contributed by atoms with van der Waals surface area (Å²) in [4.78, 5) is 17.3. The first kappa shape index (κ1) is 18.1. The Morgan fingerprint density at radius 1 is 1.23 bits per heavy atom. The molecule has 0 spiro atoms. The lowest BCUT2D eigenvalue weighted by Crippen LogP contribution is -2.29. The Kier molecular flexibility index (Phi) is 4.53. The van der Waals surface area contributed by atoms with Gasteiger partial charge in [0, 0.05) is 11.6 Å². The molecule has 26 heavy (non-hydrogen) atoms. The minimum atomic E-state index is -3.68. The predicted octanol–water partition coefficient (Wildman–Crippen LogP) is 2.68. The van der Waals surface area contributed by atoms with Crippen molar-refractivity contribution in [1.29, 1.82) is 0 Å². The molecule has 2 aromatic heterocycles. The van der Waals surface area contributed by atoms with Crippen LogP contribution in [-0.4, -0.2) is 35.3 Å². The number of rotatable bonds is 4. The highest BCUT2D eigenvalue weighted by atomic mass is 32.2. The first-order valence-corrected chi connectivity index (χ1v) is 10.0. The Morgan fingerprint density at radius 3 is 2.54 bits per heavy atom. The Bertz CT molecular complexity index is 1100. The summed E-state index contributed by atoms with van der Waals surface area (Å²) in [5, 5.41) is 4.83. The molecule has 0 fully saturated rings. The zero-order valence-corrected chi connectivity index (χ0v) is 15.8. The lowest BCUT2D eigenvalue weighted by atomic mass is 10.0. The summed E-state index contributed by atoms with van der Waals surface area (Å²) >= 11 is 0. The largest absolute Gasteiger partial charge is 0.268 e. The molecule has 0 unspecified atom stereocenters. The minimum Gasteiger partial charge on any atom is -0.268 e. The third-order valence-corrected chi connectivity index (χ3v) is 4.56. The van der Waals surface area contributed by atoms with Crippen LogP contribution in [-0.2, 0) is 10.0 Å². The third kappa shape index (κ3) is 3.45. The van der Waals surface area contributed by atoms with Crippen molar-refractivity contribution in [3.05, 3.63) is 47.7 Å². The van der Waals surface area contributed by atoms with Gasteiger partial charge in [0.05, 0.1) is 29.1 Å². The third-order valence-electron chi connectivity index (χ3n) is 4.00. The monoisotopic (exact) mass is 372 g/mol. The number of benzene rings is 1. The van der Waals surface area contributed by atoms with Crippen molar-refractivity contribution in [3.63, 3.8) is 0 Å². The summed E-state index contributed by atoms with van der Waals surface area (Å²) in [5.74, 6) is -0.696. The van der Waals surface area contributed by atoms with E-state index in [4.69, 9.17) is 4.98 Å². The van der Waals surface area contributed by atoms with Crippen LogP contribution in [0.3, 0.4) is 0 Å². The molecule has 0 bridgehead atoms. The molecular weight excluding hydrogens is 352 g/mol. The molecule has 0 aliphatic carbocycles. The number of aromatic nitrogens is 3. The van der Waals surface area contributed by atoms with Crippen LogP contribution in [0.2, 0.25) is 0 Å². The second-order valence-electron chi connectivity index (χ2n) is 6.49. The number of pyridine rings is 1. The highest BCUT2D eigenvalue weighted by Crippen LogP contribution is 2.28. The highest BCUT2D eigenvalue weighted by Gasteiger charge is 2.20. The number of hydrogen-bond donors (Lipinski definition) is 1. The van der Waals surface area contributed by atoms with Crippen molar-refractivity contribution in [2.75, 3.05) is 6.26 Å². The average molecular weight is 372 g/mol. The summed E-state index contributed by atoms with van der Waals surface area (Å²) in [5.41, 5.74) is 3.24. The summed E-state index contributed by atoms with van der Waals surface area (Å²) in [6.07, 6.45) is 2.49. The molecule has 0 aliphatic rings. The van der Waals surface area contributed by atoms with Crippen molar-refractivity contribution in [1.82, 2.24) is 19.5 Å². The van der Waals surface area contributed by atoms with Crippen molar-refractivity contribution in [2.24, 2.45) is 0 Å². The van der Waals surface area contributed by atoms with E-state index in [1.54, 1.807) is 16.9 Å². The summed E-state index contributed by atoms with van der Waals surface area (Å²) in [6.45, 7) is 5.88. The first-order valence-electron chi connectivity index (χ1n) is 8.14. The van der Waals surface area contributed by atoms with Gasteiger partial charge < -0.3 is 0 Å². The van der Waals surface area contributed by atoms with Gasteiger partial charge in [-0.05, 0) is 32.4 Å². The molecule has 0 radical (unpaired) electrons. The highest BCUT2D eigenvalue weighted by molar-refractivity contribution is 7.89. The predicted molar refractivity (Wildman–Crippen MR) is 100 cm³/mol. The number of fused-ring (bicyclic) bond motifs is 1. The van der Waals surface area contributed by atoms with Crippen LogP contribution in [0.25, 0.3) is 22.3 Å². The van der Waals surface area contributed by atoms with Crippen molar-refractivity contribution >= 4 is 27.0 Å². The van der Waals surface area contributed by atoms with Gasteiger partial charge in [-0.2, -0.15) is 5.10 Å². The molecule has 3 aromatic rings. The van der Waals surface area contributed by atoms with Crippen molar-refractivity contribution in [2.45, 2.75) is 26.8 Å². The molecule has 1 amide bonds. The van der Waals surface area contributed by atoms with E-state index in [1.807, 2.05) is 49.8 Å². The molecular formula is C18H20N4O3S. The summed E-state index contributed by atoms with van der Waals surface area (Å²) in [6, 6.07) is 9.34.